The maximum atomic E-state index is 13.4. The van der Waals surface area contributed by atoms with E-state index in [1.807, 2.05) is 25.1 Å². The van der Waals surface area contributed by atoms with Crippen molar-refractivity contribution in [1.82, 2.24) is 15.5 Å². The Bertz CT molecular complexity index is 864. The van der Waals surface area contributed by atoms with Crippen LogP contribution in [-0.4, -0.2) is 47.0 Å². The van der Waals surface area contributed by atoms with E-state index in [0.717, 1.165) is 37.7 Å². The van der Waals surface area contributed by atoms with Crippen molar-refractivity contribution in [2.75, 3.05) is 6.54 Å². The van der Waals surface area contributed by atoms with Gasteiger partial charge in [0.25, 0.3) is 0 Å². The number of nitrogens with zero attached hydrogens (tertiary/aromatic N) is 2. The topological polar surface area (TPSA) is 112 Å². The minimum absolute atomic E-state index is 0.0514. The third kappa shape index (κ3) is 8.08. The van der Waals surface area contributed by atoms with Gasteiger partial charge in [0.15, 0.2) is 0 Å². The molecule has 2 N–H and O–H groups in total. The average molecular weight is 457 g/mol. The van der Waals surface area contributed by atoms with Gasteiger partial charge in [0, 0.05) is 6.04 Å². The molecule has 1 fully saturated rings. The molecule has 8 heteroatoms. The van der Waals surface area contributed by atoms with E-state index < -0.39 is 29.7 Å². The first-order valence-electron chi connectivity index (χ1n) is 11.6. The van der Waals surface area contributed by atoms with Crippen LogP contribution in [0.25, 0.3) is 0 Å². The molecule has 0 heterocycles. The highest BCUT2D eigenvalue weighted by atomic mass is 16.6. The summed E-state index contributed by atoms with van der Waals surface area (Å²) >= 11 is 0. The highest BCUT2D eigenvalue weighted by Crippen LogP contribution is 2.25. The molecule has 33 heavy (non-hydrogen) atoms. The second kappa shape index (κ2) is 11.7. The first-order valence-corrected chi connectivity index (χ1v) is 11.6. The summed E-state index contributed by atoms with van der Waals surface area (Å²) < 4.78 is 5.24. The summed E-state index contributed by atoms with van der Waals surface area (Å²) in [4.78, 5) is 40.2. The van der Waals surface area contributed by atoms with E-state index >= 15 is 0 Å². The number of nitriles is 1. The summed E-state index contributed by atoms with van der Waals surface area (Å²) in [6.07, 6.45) is 4.32. The molecule has 2 rings (SSSR count). The van der Waals surface area contributed by atoms with Crippen molar-refractivity contribution < 1.29 is 19.1 Å². The van der Waals surface area contributed by atoms with Crippen LogP contribution >= 0.6 is 0 Å². The maximum absolute atomic E-state index is 13.4. The summed E-state index contributed by atoms with van der Waals surface area (Å²) in [5.74, 6) is -0.856. The molecule has 0 bridgehead atoms. The second-order valence-electron chi connectivity index (χ2n) is 9.65. The van der Waals surface area contributed by atoms with Gasteiger partial charge >= 0.3 is 6.09 Å². The molecular formula is C25H36N4O4. The molecular weight excluding hydrogens is 420 g/mol. The number of carbonyl (C=O) groups is 3. The predicted octanol–water partition coefficient (Wildman–Crippen LogP) is 3.75. The molecule has 8 nitrogen and oxygen atoms in total. The predicted molar refractivity (Wildman–Crippen MR) is 125 cm³/mol. The number of rotatable bonds is 7. The van der Waals surface area contributed by atoms with Gasteiger partial charge in [-0.3, -0.25) is 9.59 Å². The van der Waals surface area contributed by atoms with E-state index in [0.29, 0.717) is 5.56 Å². The van der Waals surface area contributed by atoms with Gasteiger partial charge < -0.3 is 20.3 Å². The van der Waals surface area contributed by atoms with Crippen LogP contribution in [0.5, 0.6) is 0 Å². The zero-order valence-corrected chi connectivity index (χ0v) is 20.3. The molecule has 1 aliphatic carbocycles. The molecule has 2 unspecified atom stereocenters. The largest absolute Gasteiger partial charge is 0.444 e. The zero-order chi connectivity index (χ0) is 24.6. The van der Waals surface area contributed by atoms with Crippen molar-refractivity contribution in [2.24, 2.45) is 0 Å². The fourth-order valence-corrected chi connectivity index (χ4v) is 3.92. The van der Waals surface area contributed by atoms with Crippen LogP contribution < -0.4 is 10.6 Å². The molecule has 0 aromatic heterocycles. The number of aryl methyl sites for hydroxylation is 1. The molecule has 0 saturated heterocycles. The Balaban J connectivity index is 2.29. The van der Waals surface area contributed by atoms with Crippen LogP contribution in [0.2, 0.25) is 0 Å². The van der Waals surface area contributed by atoms with E-state index in [4.69, 9.17) is 4.74 Å². The smallest absolute Gasteiger partial charge is 0.408 e. The van der Waals surface area contributed by atoms with Gasteiger partial charge in [-0.2, -0.15) is 5.26 Å². The standard InChI is InChI=1S/C25H36N4O4/c1-17-11-13-19(14-12-17)21(22(30)28-20-9-7-6-8-10-20)29(16-15-26)23(31)18(2)27-24(32)33-25(3,4)5/h11-14,18,20-21H,6-10,16H2,1-5H3,(H,27,32)(H,28,30). The Morgan fingerprint density at radius 3 is 2.30 bits per heavy atom. The van der Waals surface area contributed by atoms with Crippen molar-refractivity contribution in [3.05, 3.63) is 35.4 Å². The Hall–Kier alpha value is -3.08. The monoisotopic (exact) mass is 456 g/mol. The Kier molecular flexibility index (Phi) is 9.27. The Morgan fingerprint density at radius 1 is 1.15 bits per heavy atom. The van der Waals surface area contributed by atoms with Gasteiger partial charge in [0.2, 0.25) is 11.8 Å². The van der Waals surface area contributed by atoms with Crippen LogP contribution in [0.15, 0.2) is 24.3 Å². The first-order chi connectivity index (χ1) is 15.5. The lowest BCUT2D eigenvalue weighted by atomic mass is 9.94. The molecule has 180 valence electrons. The van der Waals surface area contributed by atoms with Gasteiger partial charge in [0.05, 0.1) is 6.07 Å². The van der Waals surface area contributed by atoms with Crippen LogP contribution in [0.1, 0.15) is 77.0 Å². The van der Waals surface area contributed by atoms with Crippen LogP contribution in [0, 0.1) is 18.3 Å². The van der Waals surface area contributed by atoms with Crippen molar-refractivity contribution >= 4 is 17.9 Å². The fraction of sp³-hybridized carbons (Fsp3) is 0.600. The molecule has 1 saturated carbocycles. The molecule has 1 aromatic rings. The SMILES string of the molecule is Cc1ccc(C(C(=O)NC2CCCCC2)N(CC#N)C(=O)C(C)NC(=O)OC(C)(C)C)cc1. The first kappa shape index (κ1) is 26.2. The molecule has 0 spiro atoms. The van der Waals surface area contributed by atoms with Crippen molar-refractivity contribution in [3.63, 3.8) is 0 Å². The number of amides is 3. The van der Waals surface area contributed by atoms with E-state index in [-0.39, 0.29) is 18.5 Å². The van der Waals surface area contributed by atoms with Gasteiger partial charge in [-0.05, 0) is 53.0 Å². The van der Waals surface area contributed by atoms with E-state index in [2.05, 4.69) is 10.6 Å². The molecule has 3 amide bonds. The lowest BCUT2D eigenvalue weighted by molar-refractivity contribution is -0.141. The summed E-state index contributed by atoms with van der Waals surface area (Å²) in [5, 5.41) is 15.1. The third-order valence-corrected chi connectivity index (χ3v) is 5.53. The van der Waals surface area contributed by atoms with Crippen LogP contribution in [0.4, 0.5) is 4.79 Å². The molecule has 0 aliphatic heterocycles. The van der Waals surface area contributed by atoms with Gasteiger partial charge in [-0.1, -0.05) is 49.1 Å². The number of ether oxygens (including phenoxy) is 1. The van der Waals surface area contributed by atoms with Gasteiger partial charge in [-0.25, -0.2) is 4.79 Å². The number of carbonyl (C=O) groups excluding carboxylic acids is 3. The Morgan fingerprint density at radius 2 is 1.76 bits per heavy atom. The summed E-state index contributed by atoms with van der Waals surface area (Å²) in [5.41, 5.74) is 0.911. The summed E-state index contributed by atoms with van der Waals surface area (Å²) in [6, 6.07) is 7.41. The molecule has 1 aliphatic rings. The number of hydrogen-bond acceptors (Lipinski definition) is 5. The van der Waals surface area contributed by atoms with E-state index in [1.54, 1.807) is 32.9 Å². The van der Waals surface area contributed by atoms with Crippen molar-refractivity contribution in [1.29, 1.82) is 5.26 Å². The number of alkyl carbamates (subject to hydrolysis) is 1. The van der Waals surface area contributed by atoms with Crippen molar-refractivity contribution in [2.45, 2.75) is 90.4 Å². The summed E-state index contributed by atoms with van der Waals surface area (Å²) in [6.45, 7) is 8.34. The average Bonchev–Trinajstić information content (AvgIpc) is 2.73. The molecule has 0 radical (unpaired) electrons. The van der Waals surface area contributed by atoms with Crippen molar-refractivity contribution in [3.8, 4) is 6.07 Å². The Labute approximate surface area is 196 Å². The third-order valence-electron chi connectivity index (χ3n) is 5.53. The minimum atomic E-state index is -0.984. The van der Waals surface area contributed by atoms with E-state index in [1.165, 1.54) is 11.8 Å². The lowest BCUT2D eigenvalue weighted by Crippen LogP contribution is -2.53. The van der Waals surface area contributed by atoms with Crippen LogP contribution in [-0.2, 0) is 14.3 Å². The zero-order valence-electron chi connectivity index (χ0n) is 20.3. The van der Waals surface area contributed by atoms with Gasteiger partial charge in [-0.15, -0.1) is 0 Å². The maximum Gasteiger partial charge on any atom is 0.408 e. The minimum Gasteiger partial charge on any atom is -0.444 e. The highest BCUT2D eigenvalue weighted by molar-refractivity contribution is 5.92. The van der Waals surface area contributed by atoms with Crippen LogP contribution in [0.3, 0.4) is 0 Å². The second-order valence-corrected chi connectivity index (χ2v) is 9.65. The highest BCUT2D eigenvalue weighted by Gasteiger charge is 2.35. The molecule has 2 atom stereocenters. The molecule has 1 aromatic carbocycles. The quantitative estimate of drug-likeness (QED) is 0.607. The van der Waals surface area contributed by atoms with Gasteiger partial charge in [0.1, 0.15) is 24.2 Å². The fourth-order valence-electron chi connectivity index (χ4n) is 3.92. The van der Waals surface area contributed by atoms with E-state index in [9.17, 15) is 19.6 Å². The lowest BCUT2D eigenvalue weighted by Gasteiger charge is -2.33. The number of nitrogens with one attached hydrogen (secondary N) is 2. The summed E-state index contributed by atoms with van der Waals surface area (Å²) in [7, 11) is 0. The number of benzene rings is 1. The number of hydrogen-bond donors (Lipinski definition) is 2. The normalized spacial score (nSPS) is 16.1.